The number of nitrogens with zero attached hydrogens (tertiary/aromatic N) is 2. The Morgan fingerprint density at radius 3 is 2.41 bits per heavy atom. The van der Waals surface area contributed by atoms with E-state index >= 15 is 0 Å². The highest BCUT2D eigenvalue weighted by Gasteiger charge is 2.52. The lowest BCUT2D eigenvalue weighted by Crippen LogP contribution is -2.41. The maximum Gasteiger partial charge on any atom is 0.516 e. The lowest BCUT2D eigenvalue weighted by molar-refractivity contribution is 0.00578. The summed E-state index contributed by atoms with van der Waals surface area (Å²) in [4.78, 5) is 0. The molecule has 0 aromatic carbocycles. The average molecular weight is 238 g/mol. The Labute approximate surface area is 102 Å². The summed E-state index contributed by atoms with van der Waals surface area (Å²) < 4.78 is 18.5. The van der Waals surface area contributed by atoms with Gasteiger partial charge in [-0.1, -0.05) is 0 Å². The van der Waals surface area contributed by atoms with E-state index < -0.39 is 7.12 Å². The first-order valence-corrected chi connectivity index (χ1v) is 5.74. The summed E-state index contributed by atoms with van der Waals surface area (Å²) in [5.41, 5.74) is 0.117. The standard InChI is InChI=1S/C11H19BN2O3/c1-10(2)11(3,4)17-12(16-10)9-6-7-14(13-9)8-15-5/h6-7H,8H2,1-5H3. The third-order valence-electron chi connectivity index (χ3n) is 3.42. The Bertz CT molecular complexity index is 387. The minimum absolute atomic E-state index is 0.331. The van der Waals surface area contributed by atoms with Crippen LogP contribution in [0.5, 0.6) is 0 Å². The molecule has 0 saturated carbocycles. The van der Waals surface area contributed by atoms with E-state index in [0.29, 0.717) is 6.73 Å². The van der Waals surface area contributed by atoms with Gasteiger partial charge >= 0.3 is 7.12 Å². The molecule has 0 atom stereocenters. The van der Waals surface area contributed by atoms with Crippen molar-refractivity contribution in [2.45, 2.75) is 45.6 Å². The largest absolute Gasteiger partial charge is 0.516 e. The number of hydrogen-bond acceptors (Lipinski definition) is 4. The first-order valence-electron chi connectivity index (χ1n) is 5.74. The molecule has 0 unspecified atom stereocenters. The zero-order valence-corrected chi connectivity index (χ0v) is 11.1. The lowest BCUT2D eigenvalue weighted by Gasteiger charge is -2.32. The molecule has 1 fully saturated rings. The molecule has 0 spiro atoms. The molecule has 17 heavy (non-hydrogen) atoms. The van der Waals surface area contributed by atoms with Crippen LogP contribution in [0.3, 0.4) is 0 Å². The van der Waals surface area contributed by atoms with Crippen molar-refractivity contribution in [2.75, 3.05) is 7.11 Å². The van der Waals surface area contributed by atoms with Crippen LogP contribution in [-0.4, -0.2) is 35.2 Å². The molecule has 6 heteroatoms. The van der Waals surface area contributed by atoms with E-state index in [1.807, 2.05) is 40.0 Å². The van der Waals surface area contributed by atoms with Crippen molar-refractivity contribution < 1.29 is 14.0 Å². The van der Waals surface area contributed by atoms with Crippen LogP contribution in [0.2, 0.25) is 0 Å². The molecule has 0 N–H and O–H groups in total. The van der Waals surface area contributed by atoms with Gasteiger partial charge in [0.1, 0.15) is 6.73 Å². The topological polar surface area (TPSA) is 45.5 Å². The molecule has 1 aliphatic heterocycles. The molecule has 94 valence electrons. The van der Waals surface area contributed by atoms with Gasteiger partial charge in [0.15, 0.2) is 0 Å². The van der Waals surface area contributed by atoms with Crippen molar-refractivity contribution in [3.63, 3.8) is 0 Å². The van der Waals surface area contributed by atoms with Gasteiger partial charge in [-0.2, -0.15) is 5.10 Å². The third kappa shape index (κ3) is 2.25. The maximum absolute atomic E-state index is 5.90. The fraction of sp³-hybridized carbons (Fsp3) is 0.727. The van der Waals surface area contributed by atoms with Crippen LogP contribution >= 0.6 is 0 Å². The predicted octanol–water partition coefficient (Wildman–Crippen LogP) is 0.786. The van der Waals surface area contributed by atoms with E-state index in [1.165, 1.54) is 0 Å². The molecule has 2 heterocycles. The summed E-state index contributed by atoms with van der Waals surface area (Å²) >= 11 is 0. The molecule has 1 aliphatic rings. The molecule has 1 aromatic rings. The summed E-state index contributed by atoms with van der Waals surface area (Å²) in [5, 5.41) is 4.35. The zero-order chi connectivity index (χ0) is 12.7. The lowest BCUT2D eigenvalue weighted by atomic mass is 9.85. The maximum atomic E-state index is 5.90. The van der Waals surface area contributed by atoms with Crippen molar-refractivity contribution >= 4 is 12.7 Å². The SMILES string of the molecule is COCn1ccc(B2OC(C)(C)C(C)(C)O2)n1. The van der Waals surface area contributed by atoms with Crippen LogP contribution < -0.4 is 5.59 Å². The predicted molar refractivity (Wildman–Crippen MR) is 65.0 cm³/mol. The monoisotopic (exact) mass is 238 g/mol. The van der Waals surface area contributed by atoms with E-state index in [9.17, 15) is 0 Å². The van der Waals surface area contributed by atoms with Gasteiger partial charge in [-0.15, -0.1) is 0 Å². The highest BCUT2D eigenvalue weighted by molar-refractivity contribution is 6.61. The van der Waals surface area contributed by atoms with E-state index in [-0.39, 0.29) is 11.2 Å². The van der Waals surface area contributed by atoms with Gasteiger partial charge in [0.2, 0.25) is 0 Å². The van der Waals surface area contributed by atoms with E-state index in [1.54, 1.807) is 11.8 Å². The van der Waals surface area contributed by atoms with Gasteiger partial charge in [-0.05, 0) is 33.8 Å². The van der Waals surface area contributed by atoms with Crippen molar-refractivity contribution in [1.29, 1.82) is 0 Å². The molecular formula is C11H19BN2O3. The minimum atomic E-state index is -0.405. The van der Waals surface area contributed by atoms with Gasteiger partial charge in [0.05, 0.1) is 16.8 Å². The molecule has 0 radical (unpaired) electrons. The van der Waals surface area contributed by atoms with Gasteiger partial charge in [-0.25, -0.2) is 4.68 Å². The highest BCUT2D eigenvalue weighted by Crippen LogP contribution is 2.36. The minimum Gasteiger partial charge on any atom is -0.398 e. The fourth-order valence-electron chi connectivity index (χ4n) is 1.67. The van der Waals surface area contributed by atoms with E-state index in [4.69, 9.17) is 14.0 Å². The van der Waals surface area contributed by atoms with Crippen molar-refractivity contribution in [3.8, 4) is 0 Å². The molecule has 2 rings (SSSR count). The van der Waals surface area contributed by atoms with Crippen LogP contribution in [0.1, 0.15) is 27.7 Å². The first kappa shape index (κ1) is 12.6. The first-order chi connectivity index (χ1) is 7.86. The normalized spacial score (nSPS) is 22.1. The fourth-order valence-corrected chi connectivity index (χ4v) is 1.67. The summed E-state index contributed by atoms with van der Waals surface area (Å²) in [5.74, 6) is 0. The van der Waals surface area contributed by atoms with E-state index in [2.05, 4.69) is 5.10 Å². The quantitative estimate of drug-likeness (QED) is 0.730. The summed E-state index contributed by atoms with van der Waals surface area (Å²) in [6, 6.07) is 1.89. The van der Waals surface area contributed by atoms with Crippen LogP contribution in [0.15, 0.2) is 12.3 Å². The molecule has 5 nitrogen and oxygen atoms in total. The van der Waals surface area contributed by atoms with Gasteiger partial charge in [-0.3, -0.25) is 0 Å². The van der Waals surface area contributed by atoms with Crippen LogP contribution in [0.4, 0.5) is 0 Å². The Morgan fingerprint density at radius 2 is 1.88 bits per heavy atom. The second kappa shape index (κ2) is 4.12. The summed E-state index contributed by atoms with van der Waals surface area (Å²) in [6.45, 7) is 8.54. The van der Waals surface area contributed by atoms with Crippen LogP contribution in [0, 0.1) is 0 Å². The number of methoxy groups -OCH3 is 1. The van der Waals surface area contributed by atoms with E-state index in [0.717, 1.165) is 5.59 Å². The van der Waals surface area contributed by atoms with Crippen LogP contribution in [0.25, 0.3) is 0 Å². The average Bonchev–Trinajstić information content (AvgIpc) is 2.71. The van der Waals surface area contributed by atoms with Gasteiger partial charge in [0.25, 0.3) is 0 Å². The molecule has 1 aromatic heterocycles. The Kier molecular flexibility index (Phi) is 3.05. The van der Waals surface area contributed by atoms with Gasteiger partial charge < -0.3 is 14.0 Å². The Balaban J connectivity index is 2.14. The second-order valence-electron chi connectivity index (χ2n) is 5.29. The molecule has 0 aliphatic carbocycles. The number of ether oxygens (including phenoxy) is 1. The number of aromatic nitrogens is 2. The second-order valence-corrected chi connectivity index (χ2v) is 5.29. The van der Waals surface area contributed by atoms with Gasteiger partial charge in [0, 0.05) is 13.3 Å². The summed E-state index contributed by atoms with van der Waals surface area (Å²) in [6.07, 6.45) is 1.85. The highest BCUT2D eigenvalue weighted by atomic mass is 16.7. The van der Waals surface area contributed by atoms with Crippen molar-refractivity contribution in [1.82, 2.24) is 9.78 Å². The third-order valence-corrected chi connectivity index (χ3v) is 3.42. The smallest absolute Gasteiger partial charge is 0.398 e. The number of rotatable bonds is 3. The zero-order valence-electron chi connectivity index (χ0n) is 11.1. The molecular weight excluding hydrogens is 219 g/mol. The Morgan fingerprint density at radius 1 is 1.29 bits per heavy atom. The van der Waals surface area contributed by atoms with Crippen LogP contribution in [-0.2, 0) is 20.8 Å². The Hall–Kier alpha value is -0.845. The van der Waals surface area contributed by atoms with Crippen molar-refractivity contribution in [2.24, 2.45) is 0 Å². The summed E-state index contributed by atoms with van der Waals surface area (Å²) in [7, 11) is 1.23. The molecule has 0 amide bonds. The van der Waals surface area contributed by atoms with Crippen molar-refractivity contribution in [3.05, 3.63) is 12.3 Å². The molecule has 1 saturated heterocycles. The number of hydrogen-bond donors (Lipinski definition) is 0. The molecule has 0 bridgehead atoms.